The van der Waals surface area contributed by atoms with Crippen LogP contribution in [0.15, 0.2) is 88.7 Å². The van der Waals surface area contributed by atoms with Gasteiger partial charge in [0.25, 0.3) is 0 Å². The maximum Gasteiger partial charge on any atom is 0.135 e. The van der Waals surface area contributed by atoms with E-state index in [1.54, 1.807) is 18.9 Å². The normalized spacial score (nSPS) is 12.4. The molecule has 0 amide bonds. The first kappa shape index (κ1) is 18.8. The molecule has 3 nitrogen and oxygen atoms in total. The molecule has 142 valence electrons. The highest BCUT2D eigenvalue weighted by Crippen LogP contribution is 2.38. The van der Waals surface area contributed by atoms with Crippen molar-refractivity contribution in [3.05, 3.63) is 78.9 Å². The van der Waals surface area contributed by atoms with Crippen LogP contribution in [-0.4, -0.2) is 31.5 Å². The number of ether oxygens (including phenoxy) is 2. The minimum atomic E-state index is -0.666. The van der Waals surface area contributed by atoms with Gasteiger partial charge in [0.15, 0.2) is 0 Å². The Kier molecular flexibility index (Phi) is 5.81. The van der Waals surface area contributed by atoms with E-state index in [1.165, 1.54) is 4.90 Å². The van der Waals surface area contributed by atoms with E-state index < -0.39 is 6.10 Å². The predicted octanol–water partition coefficient (Wildman–Crippen LogP) is 5.53. The van der Waals surface area contributed by atoms with Crippen molar-refractivity contribution in [2.24, 2.45) is 0 Å². The average Bonchev–Trinajstić information content (AvgIpc) is 2.72. The summed E-state index contributed by atoms with van der Waals surface area (Å²) in [7, 11) is 1.57. The fourth-order valence-electron chi connectivity index (χ4n) is 3.26. The third-order valence-electron chi connectivity index (χ3n) is 4.54. The number of fused-ring (bicyclic) bond motifs is 2. The minimum Gasteiger partial charge on any atom is -0.489 e. The molecule has 4 rings (SSSR count). The number of methoxy groups -OCH3 is 1. The highest BCUT2D eigenvalue weighted by Gasteiger charge is 2.12. The Morgan fingerprint density at radius 2 is 1.54 bits per heavy atom. The van der Waals surface area contributed by atoms with Crippen LogP contribution >= 0.6 is 11.8 Å². The van der Waals surface area contributed by atoms with Gasteiger partial charge in [-0.05, 0) is 41.1 Å². The van der Waals surface area contributed by atoms with Crippen LogP contribution in [0.4, 0.5) is 0 Å². The summed E-state index contributed by atoms with van der Waals surface area (Å²) < 4.78 is 11.1. The second kappa shape index (κ2) is 8.65. The maximum absolute atomic E-state index is 10.0. The molecule has 1 N–H and O–H groups in total. The summed E-state index contributed by atoms with van der Waals surface area (Å²) in [5, 5.41) is 14.4. The molecule has 0 saturated carbocycles. The lowest BCUT2D eigenvalue weighted by Crippen LogP contribution is -2.22. The van der Waals surface area contributed by atoms with Crippen LogP contribution in [0.2, 0.25) is 0 Å². The van der Waals surface area contributed by atoms with Crippen LogP contribution < -0.4 is 4.74 Å². The first-order valence-corrected chi connectivity index (χ1v) is 10.0. The Balaban J connectivity index is 1.77. The average molecular weight is 391 g/mol. The highest BCUT2D eigenvalue weighted by atomic mass is 32.2. The summed E-state index contributed by atoms with van der Waals surface area (Å²) >= 11 is 1.72. The van der Waals surface area contributed by atoms with Gasteiger partial charge in [-0.25, -0.2) is 0 Å². The Morgan fingerprint density at radius 3 is 2.36 bits per heavy atom. The molecule has 0 aliphatic heterocycles. The van der Waals surface area contributed by atoms with Gasteiger partial charge in [-0.1, -0.05) is 60.3 Å². The van der Waals surface area contributed by atoms with Gasteiger partial charge in [0.2, 0.25) is 0 Å². The number of aliphatic hydroxyl groups is 1. The fourth-order valence-corrected chi connectivity index (χ4v) is 4.14. The topological polar surface area (TPSA) is 38.7 Å². The lowest BCUT2D eigenvalue weighted by Gasteiger charge is -2.16. The molecular weight excluding hydrogens is 368 g/mol. The standard InChI is InChI=1S/C24H22O3S/c1-26-15-19(25)16-27-24-22-10-6-5-7-17(22)13-18-11-12-21(14-23(18)24)28-20-8-3-2-4-9-20/h2-14,19,25H,15-16H2,1H3. The van der Waals surface area contributed by atoms with Crippen LogP contribution in [0, 0.1) is 0 Å². The molecular formula is C24H22O3S. The first-order valence-electron chi connectivity index (χ1n) is 9.23. The second-order valence-electron chi connectivity index (χ2n) is 6.65. The summed E-state index contributed by atoms with van der Waals surface area (Å²) in [5.74, 6) is 0.804. The largest absolute Gasteiger partial charge is 0.489 e. The molecule has 0 spiro atoms. The van der Waals surface area contributed by atoms with E-state index in [-0.39, 0.29) is 13.2 Å². The van der Waals surface area contributed by atoms with E-state index in [4.69, 9.17) is 9.47 Å². The van der Waals surface area contributed by atoms with Gasteiger partial charge in [0.05, 0.1) is 6.61 Å². The molecule has 0 radical (unpaired) electrons. The molecule has 4 heteroatoms. The second-order valence-corrected chi connectivity index (χ2v) is 7.79. The van der Waals surface area contributed by atoms with Crippen LogP contribution in [0.3, 0.4) is 0 Å². The van der Waals surface area contributed by atoms with Gasteiger partial charge in [-0.15, -0.1) is 0 Å². The van der Waals surface area contributed by atoms with Crippen LogP contribution in [0.1, 0.15) is 0 Å². The lowest BCUT2D eigenvalue weighted by atomic mass is 10.0. The molecule has 4 aromatic carbocycles. The SMILES string of the molecule is COCC(O)COc1c2ccccc2cc2ccc(Sc3ccccc3)cc12. The van der Waals surface area contributed by atoms with Crippen molar-refractivity contribution in [1.82, 2.24) is 0 Å². The van der Waals surface area contributed by atoms with Crippen molar-refractivity contribution in [2.45, 2.75) is 15.9 Å². The van der Waals surface area contributed by atoms with Crippen molar-refractivity contribution >= 4 is 33.3 Å². The van der Waals surface area contributed by atoms with Crippen LogP contribution in [0.5, 0.6) is 5.75 Å². The van der Waals surface area contributed by atoms with E-state index in [2.05, 4.69) is 48.5 Å². The van der Waals surface area contributed by atoms with Gasteiger partial charge in [-0.2, -0.15) is 0 Å². The van der Waals surface area contributed by atoms with E-state index in [9.17, 15) is 5.11 Å². The number of aliphatic hydroxyl groups excluding tert-OH is 1. The molecule has 0 aliphatic carbocycles. The zero-order valence-corrected chi connectivity index (χ0v) is 16.5. The molecule has 0 saturated heterocycles. The predicted molar refractivity (Wildman–Crippen MR) is 115 cm³/mol. The van der Waals surface area contributed by atoms with Gasteiger partial charge >= 0.3 is 0 Å². The molecule has 0 aromatic heterocycles. The fraction of sp³-hybridized carbons (Fsp3) is 0.167. The van der Waals surface area contributed by atoms with Crippen LogP contribution in [0.25, 0.3) is 21.5 Å². The quantitative estimate of drug-likeness (QED) is 0.421. The summed E-state index contributed by atoms with van der Waals surface area (Å²) in [4.78, 5) is 2.34. The van der Waals surface area contributed by atoms with E-state index in [1.807, 2.05) is 30.3 Å². The first-order chi connectivity index (χ1) is 13.7. The molecule has 1 atom stereocenters. The number of hydrogen-bond acceptors (Lipinski definition) is 4. The summed E-state index contributed by atoms with van der Waals surface area (Å²) in [6, 6.07) is 27.1. The van der Waals surface area contributed by atoms with E-state index >= 15 is 0 Å². The monoisotopic (exact) mass is 390 g/mol. The van der Waals surface area contributed by atoms with Gasteiger partial charge < -0.3 is 14.6 Å². The molecule has 0 bridgehead atoms. The van der Waals surface area contributed by atoms with Crippen molar-refractivity contribution in [3.8, 4) is 5.75 Å². The smallest absolute Gasteiger partial charge is 0.135 e. The summed E-state index contributed by atoms with van der Waals surface area (Å²) in [6.45, 7) is 0.435. The van der Waals surface area contributed by atoms with Gasteiger partial charge in [0.1, 0.15) is 18.5 Å². The Bertz CT molecular complexity index is 1080. The molecule has 0 heterocycles. The van der Waals surface area contributed by atoms with Gasteiger partial charge in [0, 0.05) is 27.7 Å². The molecule has 4 aromatic rings. The van der Waals surface area contributed by atoms with Crippen molar-refractivity contribution in [1.29, 1.82) is 0 Å². The third kappa shape index (κ3) is 4.14. The Labute approximate surface area is 168 Å². The Morgan fingerprint density at radius 1 is 0.786 bits per heavy atom. The van der Waals surface area contributed by atoms with Crippen molar-refractivity contribution < 1.29 is 14.6 Å². The van der Waals surface area contributed by atoms with Crippen LogP contribution in [-0.2, 0) is 4.74 Å². The van der Waals surface area contributed by atoms with E-state index in [0.29, 0.717) is 0 Å². The van der Waals surface area contributed by atoms with Crippen molar-refractivity contribution in [2.75, 3.05) is 20.3 Å². The minimum absolute atomic E-state index is 0.188. The zero-order chi connectivity index (χ0) is 19.3. The van der Waals surface area contributed by atoms with Gasteiger partial charge in [-0.3, -0.25) is 0 Å². The van der Waals surface area contributed by atoms with Crippen molar-refractivity contribution in [3.63, 3.8) is 0 Å². The summed E-state index contributed by atoms with van der Waals surface area (Å²) in [5.41, 5.74) is 0. The molecule has 0 aliphatic rings. The zero-order valence-electron chi connectivity index (χ0n) is 15.7. The molecule has 1 unspecified atom stereocenters. The Hall–Kier alpha value is -2.53. The molecule has 28 heavy (non-hydrogen) atoms. The number of benzene rings is 4. The summed E-state index contributed by atoms with van der Waals surface area (Å²) in [6.07, 6.45) is -0.666. The van der Waals surface area contributed by atoms with E-state index in [0.717, 1.165) is 32.2 Å². The third-order valence-corrected chi connectivity index (χ3v) is 5.54. The number of rotatable bonds is 7. The maximum atomic E-state index is 10.0. The lowest BCUT2D eigenvalue weighted by molar-refractivity contribution is 0.0333. The highest BCUT2D eigenvalue weighted by molar-refractivity contribution is 7.99. The molecule has 0 fully saturated rings. The number of hydrogen-bond donors (Lipinski definition) is 1.